The van der Waals surface area contributed by atoms with Crippen LogP contribution >= 0.6 is 15.9 Å². The largest absolute Gasteiger partial charge is 0.496 e. The maximum Gasteiger partial charge on any atom is 0.133 e. The Morgan fingerprint density at radius 2 is 2.06 bits per heavy atom. The Morgan fingerprint density at radius 3 is 2.69 bits per heavy atom. The van der Waals surface area contributed by atoms with Crippen molar-refractivity contribution in [3.63, 3.8) is 0 Å². The van der Waals surface area contributed by atoms with Gasteiger partial charge in [0.15, 0.2) is 0 Å². The van der Waals surface area contributed by atoms with Crippen molar-refractivity contribution in [3.8, 4) is 5.75 Å². The SMILES string of the molecule is CNCCCCCc1ccc(OC)c(Br)c1. The predicted molar refractivity (Wildman–Crippen MR) is 72.2 cm³/mol. The first-order valence-electron chi connectivity index (χ1n) is 5.75. The van der Waals surface area contributed by atoms with Crippen LogP contribution < -0.4 is 10.1 Å². The molecule has 90 valence electrons. The van der Waals surface area contributed by atoms with Gasteiger partial charge in [-0.1, -0.05) is 12.5 Å². The minimum Gasteiger partial charge on any atom is -0.496 e. The van der Waals surface area contributed by atoms with Crippen LogP contribution in [-0.4, -0.2) is 20.7 Å². The fraction of sp³-hybridized carbons (Fsp3) is 0.538. The van der Waals surface area contributed by atoms with Crippen molar-refractivity contribution in [1.29, 1.82) is 0 Å². The molecule has 0 amide bonds. The van der Waals surface area contributed by atoms with Crippen molar-refractivity contribution in [2.45, 2.75) is 25.7 Å². The second-order valence-electron chi connectivity index (χ2n) is 3.88. The zero-order valence-corrected chi connectivity index (χ0v) is 11.6. The van der Waals surface area contributed by atoms with E-state index in [9.17, 15) is 0 Å². The number of methoxy groups -OCH3 is 1. The van der Waals surface area contributed by atoms with E-state index in [4.69, 9.17) is 4.74 Å². The van der Waals surface area contributed by atoms with E-state index < -0.39 is 0 Å². The summed E-state index contributed by atoms with van der Waals surface area (Å²) in [5, 5.41) is 3.17. The molecule has 16 heavy (non-hydrogen) atoms. The van der Waals surface area contributed by atoms with Gasteiger partial charge in [-0.15, -0.1) is 0 Å². The molecule has 0 heterocycles. The molecule has 0 atom stereocenters. The van der Waals surface area contributed by atoms with Crippen LogP contribution in [0, 0.1) is 0 Å². The van der Waals surface area contributed by atoms with Crippen LogP contribution in [-0.2, 0) is 6.42 Å². The summed E-state index contributed by atoms with van der Waals surface area (Å²) in [6.45, 7) is 1.12. The average molecular weight is 286 g/mol. The molecule has 0 saturated carbocycles. The molecular weight excluding hydrogens is 266 g/mol. The number of hydrogen-bond donors (Lipinski definition) is 1. The van der Waals surface area contributed by atoms with Crippen LogP contribution in [0.5, 0.6) is 5.75 Å². The number of hydrogen-bond acceptors (Lipinski definition) is 2. The molecule has 1 aromatic rings. The van der Waals surface area contributed by atoms with Gasteiger partial charge in [0.05, 0.1) is 11.6 Å². The lowest BCUT2D eigenvalue weighted by Gasteiger charge is -2.06. The fourth-order valence-corrected chi connectivity index (χ4v) is 2.26. The Bertz CT molecular complexity index is 315. The van der Waals surface area contributed by atoms with E-state index in [2.05, 4.69) is 33.4 Å². The molecule has 0 aliphatic carbocycles. The fourth-order valence-electron chi connectivity index (χ4n) is 1.67. The smallest absolute Gasteiger partial charge is 0.133 e. The van der Waals surface area contributed by atoms with Crippen molar-refractivity contribution in [3.05, 3.63) is 28.2 Å². The minimum absolute atomic E-state index is 0.902. The van der Waals surface area contributed by atoms with Crippen molar-refractivity contribution < 1.29 is 4.74 Å². The Morgan fingerprint density at radius 1 is 1.25 bits per heavy atom. The predicted octanol–water partition coefficient (Wildman–Crippen LogP) is 3.39. The number of aryl methyl sites for hydroxylation is 1. The number of nitrogens with one attached hydrogen (secondary N) is 1. The summed E-state index contributed by atoms with van der Waals surface area (Å²) < 4.78 is 6.25. The molecule has 0 aliphatic heterocycles. The molecule has 0 unspecified atom stereocenters. The molecule has 0 aliphatic rings. The number of ether oxygens (including phenoxy) is 1. The molecule has 2 nitrogen and oxygen atoms in total. The Balaban J connectivity index is 2.34. The third-order valence-electron chi connectivity index (χ3n) is 2.61. The summed E-state index contributed by atoms with van der Waals surface area (Å²) in [6, 6.07) is 6.31. The van der Waals surface area contributed by atoms with Crippen molar-refractivity contribution in [1.82, 2.24) is 5.32 Å². The maximum atomic E-state index is 5.20. The van der Waals surface area contributed by atoms with Gasteiger partial charge in [0.2, 0.25) is 0 Å². The summed E-state index contributed by atoms with van der Waals surface area (Å²) in [6.07, 6.45) is 4.94. The second-order valence-corrected chi connectivity index (χ2v) is 4.74. The second kappa shape index (κ2) is 7.69. The quantitative estimate of drug-likeness (QED) is 0.776. The van der Waals surface area contributed by atoms with Crippen molar-refractivity contribution in [2.75, 3.05) is 20.7 Å². The van der Waals surface area contributed by atoms with E-state index in [1.165, 1.54) is 24.8 Å². The lowest BCUT2D eigenvalue weighted by molar-refractivity contribution is 0.412. The van der Waals surface area contributed by atoms with E-state index in [1.807, 2.05) is 13.1 Å². The zero-order chi connectivity index (χ0) is 11.8. The molecule has 1 aromatic carbocycles. The van der Waals surface area contributed by atoms with Gasteiger partial charge in [-0.05, 0) is 66.5 Å². The highest BCUT2D eigenvalue weighted by molar-refractivity contribution is 9.10. The first kappa shape index (κ1) is 13.5. The third-order valence-corrected chi connectivity index (χ3v) is 3.23. The highest BCUT2D eigenvalue weighted by Crippen LogP contribution is 2.26. The van der Waals surface area contributed by atoms with Gasteiger partial charge >= 0.3 is 0 Å². The lowest BCUT2D eigenvalue weighted by Crippen LogP contribution is -2.07. The van der Waals surface area contributed by atoms with Gasteiger partial charge in [-0.3, -0.25) is 0 Å². The molecule has 0 fully saturated rings. The number of halogens is 1. The summed E-state index contributed by atoms with van der Waals surface area (Å²) in [5.74, 6) is 0.902. The topological polar surface area (TPSA) is 21.3 Å². The molecule has 0 aromatic heterocycles. The molecule has 1 rings (SSSR count). The highest BCUT2D eigenvalue weighted by Gasteiger charge is 2.01. The van der Waals surface area contributed by atoms with E-state index in [-0.39, 0.29) is 0 Å². The summed E-state index contributed by atoms with van der Waals surface area (Å²) in [5.41, 5.74) is 1.37. The Kier molecular flexibility index (Phi) is 6.50. The standard InChI is InChI=1S/C13H20BrNO/c1-15-9-5-3-4-6-11-7-8-13(16-2)12(14)10-11/h7-8,10,15H,3-6,9H2,1-2H3. The van der Waals surface area contributed by atoms with Gasteiger partial charge in [-0.25, -0.2) is 0 Å². The average Bonchev–Trinajstić information content (AvgIpc) is 2.29. The maximum absolute atomic E-state index is 5.20. The molecular formula is C13H20BrNO. The van der Waals surface area contributed by atoms with Crippen LogP contribution in [0.3, 0.4) is 0 Å². The van der Waals surface area contributed by atoms with Crippen LogP contribution in [0.2, 0.25) is 0 Å². The summed E-state index contributed by atoms with van der Waals surface area (Å²) >= 11 is 3.51. The Hall–Kier alpha value is -0.540. The van der Waals surface area contributed by atoms with Crippen LogP contribution in [0.25, 0.3) is 0 Å². The lowest BCUT2D eigenvalue weighted by atomic mass is 10.1. The molecule has 0 spiro atoms. The minimum atomic E-state index is 0.902. The third kappa shape index (κ3) is 4.54. The molecule has 0 radical (unpaired) electrons. The van der Waals surface area contributed by atoms with E-state index >= 15 is 0 Å². The molecule has 3 heteroatoms. The summed E-state index contributed by atoms with van der Waals surface area (Å²) in [7, 11) is 3.69. The number of rotatable bonds is 7. The molecule has 1 N–H and O–H groups in total. The highest BCUT2D eigenvalue weighted by atomic mass is 79.9. The van der Waals surface area contributed by atoms with Crippen LogP contribution in [0.15, 0.2) is 22.7 Å². The zero-order valence-electron chi connectivity index (χ0n) is 10.1. The van der Waals surface area contributed by atoms with E-state index in [1.54, 1.807) is 7.11 Å². The first-order chi connectivity index (χ1) is 7.77. The molecule has 0 saturated heterocycles. The van der Waals surface area contributed by atoms with Gasteiger partial charge in [0, 0.05) is 0 Å². The van der Waals surface area contributed by atoms with Crippen LogP contribution in [0.1, 0.15) is 24.8 Å². The van der Waals surface area contributed by atoms with E-state index in [0.29, 0.717) is 0 Å². The normalized spacial score (nSPS) is 10.4. The van der Waals surface area contributed by atoms with Crippen molar-refractivity contribution >= 4 is 15.9 Å². The summed E-state index contributed by atoms with van der Waals surface area (Å²) in [4.78, 5) is 0. The van der Waals surface area contributed by atoms with Crippen molar-refractivity contribution in [2.24, 2.45) is 0 Å². The van der Waals surface area contributed by atoms with Gasteiger partial charge in [-0.2, -0.15) is 0 Å². The van der Waals surface area contributed by atoms with Gasteiger partial charge < -0.3 is 10.1 Å². The monoisotopic (exact) mass is 285 g/mol. The van der Waals surface area contributed by atoms with Gasteiger partial charge in [0.1, 0.15) is 5.75 Å². The number of unbranched alkanes of at least 4 members (excludes halogenated alkanes) is 2. The van der Waals surface area contributed by atoms with E-state index in [0.717, 1.165) is 23.2 Å². The molecule has 0 bridgehead atoms. The van der Waals surface area contributed by atoms with Gasteiger partial charge in [0.25, 0.3) is 0 Å². The first-order valence-corrected chi connectivity index (χ1v) is 6.54. The van der Waals surface area contributed by atoms with Crippen LogP contribution in [0.4, 0.5) is 0 Å². The number of benzene rings is 1. The Labute approximate surface area is 107 Å².